The molecule has 1 fully saturated rings. The summed E-state index contributed by atoms with van der Waals surface area (Å²) >= 11 is 0. The fourth-order valence-electron chi connectivity index (χ4n) is 4.01. The maximum Gasteiger partial charge on any atom is 0.265 e. The van der Waals surface area contributed by atoms with Crippen LogP contribution in [0.5, 0.6) is 5.75 Å². The summed E-state index contributed by atoms with van der Waals surface area (Å²) < 4.78 is 39.9. The van der Waals surface area contributed by atoms with Gasteiger partial charge in [0.05, 0.1) is 31.6 Å². The largest absolute Gasteiger partial charge is 0.495 e. The number of ether oxygens (including phenoxy) is 2. The number of sulfonamides is 1. The van der Waals surface area contributed by atoms with E-state index in [0.29, 0.717) is 37.6 Å². The minimum atomic E-state index is -3.95. The van der Waals surface area contributed by atoms with Crippen LogP contribution in [0.25, 0.3) is 0 Å². The molecule has 1 amide bonds. The summed E-state index contributed by atoms with van der Waals surface area (Å²) in [5, 5.41) is 0. The van der Waals surface area contributed by atoms with Gasteiger partial charge in [0.2, 0.25) is 0 Å². The first kappa shape index (κ1) is 20.7. The molecule has 7 nitrogen and oxygen atoms in total. The fraction of sp³-hybridized carbons (Fsp3) is 0.409. The van der Waals surface area contributed by atoms with Gasteiger partial charge in [0.1, 0.15) is 10.6 Å². The fourth-order valence-corrected chi connectivity index (χ4v) is 5.29. The maximum absolute atomic E-state index is 13.3. The van der Waals surface area contributed by atoms with Crippen molar-refractivity contribution < 1.29 is 22.7 Å². The van der Waals surface area contributed by atoms with Crippen LogP contribution in [0.1, 0.15) is 34.3 Å². The van der Waals surface area contributed by atoms with E-state index in [1.165, 1.54) is 7.11 Å². The van der Waals surface area contributed by atoms with Crippen LogP contribution in [-0.2, 0) is 27.6 Å². The van der Waals surface area contributed by atoms with Gasteiger partial charge in [-0.05, 0) is 61.1 Å². The minimum absolute atomic E-state index is 0.0966. The SMILES string of the molecule is COc1cc2c(cc1S(=O)(=O)Nc1ccccc1C(=O)N1CCOCC1)CCCC2. The molecule has 0 atom stereocenters. The molecule has 160 valence electrons. The molecular weight excluding hydrogens is 404 g/mol. The van der Waals surface area contributed by atoms with Crippen molar-refractivity contribution in [2.75, 3.05) is 38.1 Å². The van der Waals surface area contributed by atoms with Crippen molar-refractivity contribution in [3.63, 3.8) is 0 Å². The van der Waals surface area contributed by atoms with Crippen LogP contribution in [0.15, 0.2) is 41.3 Å². The number of carbonyl (C=O) groups is 1. The lowest BCUT2D eigenvalue weighted by Crippen LogP contribution is -2.41. The molecule has 0 bridgehead atoms. The van der Waals surface area contributed by atoms with Crippen molar-refractivity contribution in [3.05, 3.63) is 53.1 Å². The number of morpholine rings is 1. The molecule has 1 N–H and O–H groups in total. The Morgan fingerprint density at radius 1 is 1.07 bits per heavy atom. The average molecular weight is 431 g/mol. The molecule has 1 aliphatic heterocycles. The molecule has 0 saturated carbocycles. The normalized spacial score (nSPS) is 16.6. The highest BCUT2D eigenvalue weighted by Gasteiger charge is 2.26. The summed E-state index contributed by atoms with van der Waals surface area (Å²) in [5.41, 5.74) is 2.76. The van der Waals surface area contributed by atoms with Gasteiger partial charge in [-0.3, -0.25) is 9.52 Å². The highest BCUT2D eigenvalue weighted by molar-refractivity contribution is 7.92. The van der Waals surface area contributed by atoms with E-state index in [0.717, 1.165) is 36.8 Å². The van der Waals surface area contributed by atoms with Crippen LogP contribution in [0.2, 0.25) is 0 Å². The van der Waals surface area contributed by atoms with E-state index in [2.05, 4.69) is 4.72 Å². The third-order valence-electron chi connectivity index (χ3n) is 5.62. The number of hydrogen-bond donors (Lipinski definition) is 1. The number of aryl methyl sites for hydroxylation is 2. The number of amides is 1. The van der Waals surface area contributed by atoms with Crippen molar-refractivity contribution in [1.82, 2.24) is 4.90 Å². The lowest BCUT2D eigenvalue weighted by Gasteiger charge is -2.27. The number of nitrogens with zero attached hydrogens (tertiary/aromatic N) is 1. The van der Waals surface area contributed by atoms with Gasteiger partial charge < -0.3 is 14.4 Å². The van der Waals surface area contributed by atoms with Gasteiger partial charge in [-0.1, -0.05) is 12.1 Å². The summed E-state index contributed by atoms with van der Waals surface area (Å²) in [6.07, 6.45) is 3.92. The Morgan fingerprint density at radius 3 is 2.43 bits per heavy atom. The number of para-hydroxylation sites is 1. The number of benzene rings is 2. The van der Waals surface area contributed by atoms with Gasteiger partial charge in [0, 0.05) is 13.1 Å². The number of hydrogen-bond acceptors (Lipinski definition) is 5. The van der Waals surface area contributed by atoms with Gasteiger partial charge in [-0.25, -0.2) is 8.42 Å². The molecule has 1 aliphatic carbocycles. The van der Waals surface area contributed by atoms with Crippen molar-refractivity contribution in [3.8, 4) is 5.75 Å². The van der Waals surface area contributed by atoms with Crippen LogP contribution in [0.4, 0.5) is 5.69 Å². The first-order chi connectivity index (χ1) is 14.5. The summed E-state index contributed by atoms with van der Waals surface area (Å²) in [4.78, 5) is 14.7. The molecular formula is C22H26N2O5S. The number of carbonyl (C=O) groups excluding carboxylic acids is 1. The molecule has 30 heavy (non-hydrogen) atoms. The van der Waals surface area contributed by atoms with Crippen LogP contribution in [0, 0.1) is 0 Å². The summed E-state index contributed by atoms with van der Waals surface area (Å²) in [6.45, 7) is 1.93. The van der Waals surface area contributed by atoms with E-state index >= 15 is 0 Å². The van der Waals surface area contributed by atoms with E-state index in [4.69, 9.17) is 9.47 Å². The number of methoxy groups -OCH3 is 1. The van der Waals surface area contributed by atoms with E-state index < -0.39 is 10.0 Å². The number of nitrogens with one attached hydrogen (secondary N) is 1. The average Bonchev–Trinajstić information content (AvgIpc) is 2.78. The minimum Gasteiger partial charge on any atom is -0.495 e. The molecule has 1 saturated heterocycles. The predicted molar refractivity (Wildman–Crippen MR) is 114 cm³/mol. The standard InChI is InChI=1S/C22H26N2O5S/c1-28-20-14-16-6-2-3-7-17(16)15-21(20)30(26,27)23-19-9-5-4-8-18(19)22(25)24-10-12-29-13-11-24/h4-5,8-9,14-15,23H,2-3,6-7,10-13H2,1H3. The van der Waals surface area contributed by atoms with Gasteiger partial charge >= 0.3 is 0 Å². The monoisotopic (exact) mass is 430 g/mol. The predicted octanol–water partition coefficient (Wildman–Crippen LogP) is 2.85. The molecule has 0 radical (unpaired) electrons. The zero-order valence-electron chi connectivity index (χ0n) is 17.0. The second kappa shape index (κ2) is 8.65. The molecule has 2 aliphatic rings. The molecule has 1 heterocycles. The maximum atomic E-state index is 13.3. The van der Waals surface area contributed by atoms with Gasteiger partial charge in [0.15, 0.2) is 0 Å². The first-order valence-corrected chi connectivity index (χ1v) is 11.7. The Balaban J connectivity index is 1.67. The second-order valence-electron chi connectivity index (χ2n) is 7.53. The Kier molecular flexibility index (Phi) is 5.97. The third kappa shape index (κ3) is 4.15. The summed E-state index contributed by atoms with van der Waals surface area (Å²) in [7, 11) is -2.48. The lowest BCUT2D eigenvalue weighted by molar-refractivity contribution is 0.0303. The molecule has 4 rings (SSSR count). The zero-order chi connectivity index (χ0) is 21.1. The Hall–Kier alpha value is -2.58. The third-order valence-corrected chi connectivity index (χ3v) is 7.00. The molecule has 0 aromatic heterocycles. The zero-order valence-corrected chi connectivity index (χ0v) is 17.8. The van der Waals surface area contributed by atoms with Crippen molar-refractivity contribution in [2.45, 2.75) is 30.6 Å². The van der Waals surface area contributed by atoms with Crippen molar-refractivity contribution in [2.24, 2.45) is 0 Å². The van der Waals surface area contributed by atoms with Crippen molar-refractivity contribution >= 4 is 21.6 Å². The number of rotatable bonds is 5. The quantitative estimate of drug-likeness (QED) is 0.789. The van der Waals surface area contributed by atoms with Crippen LogP contribution < -0.4 is 9.46 Å². The van der Waals surface area contributed by atoms with Crippen LogP contribution in [-0.4, -0.2) is 52.6 Å². The molecule has 8 heteroatoms. The van der Waals surface area contributed by atoms with E-state index in [9.17, 15) is 13.2 Å². The molecule has 0 unspecified atom stereocenters. The molecule has 0 spiro atoms. The van der Waals surface area contributed by atoms with Crippen LogP contribution in [0.3, 0.4) is 0 Å². The number of fused-ring (bicyclic) bond motifs is 1. The van der Waals surface area contributed by atoms with Gasteiger partial charge in [-0.15, -0.1) is 0 Å². The Labute approximate surface area is 177 Å². The summed E-state index contributed by atoms with van der Waals surface area (Å²) in [5.74, 6) is 0.106. The van der Waals surface area contributed by atoms with Crippen molar-refractivity contribution in [1.29, 1.82) is 0 Å². The first-order valence-electron chi connectivity index (χ1n) is 10.2. The smallest absolute Gasteiger partial charge is 0.265 e. The van der Waals surface area contributed by atoms with E-state index in [-0.39, 0.29) is 16.5 Å². The van der Waals surface area contributed by atoms with Crippen LogP contribution >= 0.6 is 0 Å². The van der Waals surface area contributed by atoms with Gasteiger partial charge in [0.25, 0.3) is 15.9 Å². The highest BCUT2D eigenvalue weighted by Crippen LogP contribution is 2.33. The van der Waals surface area contributed by atoms with E-state index in [1.54, 1.807) is 35.2 Å². The summed E-state index contributed by atoms with van der Waals surface area (Å²) in [6, 6.07) is 10.2. The Bertz CT molecular complexity index is 1050. The molecule has 2 aromatic carbocycles. The second-order valence-corrected chi connectivity index (χ2v) is 9.19. The lowest BCUT2D eigenvalue weighted by atomic mass is 9.92. The van der Waals surface area contributed by atoms with E-state index in [1.807, 2.05) is 6.07 Å². The molecule has 2 aromatic rings. The van der Waals surface area contributed by atoms with Gasteiger partial charge in [-0.2, -0.15) is 0 Å². The number of anilines is 1. The topological polar surface area (TPSA) is 84.9 Å². The highest BCUT2D eigenvalue weighted by atomic mass is 32.2. The Morgan fingerprint density at radius 2 is 1.73 bits per heavy atom.